The van der Waals surface area contributed by atoms with E-state index in [1.165, 1.54) is 98.4 Å². The van der Waals surface area contributed by atoms with E-state index < -0.39 is 11.6 Å². The van der Waals surface area contributed by atoms with E-state index in [4.69, 9.17) is 54.1 Å². The first kappa shape index (κ1) is 84.1. The van der Waals surface area contributed by atoms with Gasteiger partial charge in [-0.05, 0) is 206 Å². The van der Waals surface area contributed by atoms with Crippen LogP contribution in [0.1, 0.15) is 71.4 Å². The molecule has 30 nitrogen and oxygen atoms in total. The number of fused-ring (bicyclic) bond motifs is 5. The van der Waals surface area contributed by atoms with Gasteiger partial charge in [-0.15, -0.1) is 5.10 Å². The van der Waals surface area contributed by atoms with Crippen molar-refractivity contribution in [3.05, 3.63) is 232 Å². The molecule has 10 N–H and O–H groups in total. The van der Waals surface area contributed by atoms with Gasteiger partial charge in [0, 0.05) is 69.7 Å². The number of aliphatic hydroxyl groups excluding tert-OH is 1. The summed E-state index contributed by atoms with van der Waals surface area (Å²) in [4.78, 5) is 64.3. The van der Waals surface area contributed by atoms with Crippen LogP contribution in [0.3, 0.4) is 0 Å². The number of nitrogens with two attached hydrogens (primary N) is 4. The highest BCUT2D eigenvalue weighted by Crippen LogP contribution is 2.32. The third-order valence-corrected chi connectivity index (χ3v) is 18.1. The molecule has 4 aromatic carbocycles. The predicted octanol–water partition coefficient (Wildman–Crippen LogP) is 11.4. The summed E-state index contributed by atoms with van der Waals surface area (Å²) in [6.07, 6.45) is 5.86. The van der Waals surface area contributed by atoms with Gasteiger partial charge in [0.2, 0.25) is 0 Å². The van der Waals surface area contributed by atoms with Crippen LogP contribution in [0.4, 0.5) is 46.7 Å². The molecular weight excluding hydrogens is 1890 g/mol. The second kappa shape index (κ2) is 40.0. The molecule has 0 saturated heterocycles. The number of halogens is 10. The number of amides is 2. The number of nitrogens with zero attached hydrogens (tertiary/aromatic N) is 19. The molecule has 0 atom stereocenters. The lowest BCUT2D eigenvalue weighted by Gasteiger charge is -2.20. The number of aromatic nitrogens is 14. The summed E-state index contributed by atoms with van der Waals surface area (Å²) < 4.78 is 78.2. The Hall–Kier alpha value is -10.1. The van der Waals surface area contributed by atoms with Gasteiger partial charge in [0.1, 0.15) is 85.0 Å². The first-order valence-electron chi connectivity index (χ1n) is 30.5. The molecule has 2 amide bonds. The standard InChI is InChI=1S/C19H17BrFN7O2.C19H16FN7O2.C11H8BrFIN3O.C7H6FIO.C7H10N4.C4H3Br2N3/c1-27(9-13-6-14(7-22)28(2)26-13)19(29)15-4-3-12(21)5-11(15)10-30-18-17(23)24-8-16(20)25-18;1-26-8-14-16(15(6-21)27(2)25-14)13-7-23-17(22)18(24-13)29-9-10-5-11(20)3-4-12(10)19(26)28;12-9-4-16-10(15)11(17-9)18-5-6-3-7(13)1-2-8(6)14;8-6-1-2-7(9)5(3-6)4-10;1-8-5-6-4-7(9-2)11(3)10-6;5-2-1-8-4(7)3(6)9-2/h3-6,8H,9-10H2,1-2H3,(H2,23,24);3-5,7H,8-9H2,1-2H3,(H2,22,23);1-4H,5H2,(H2,15,16);1-3,10H,4H2;4,8H,5H2,1,3H3;1H,(H2,7,8). The lowest BCUT2D eigenvalue weighted by Crippen LogP contribution is -2.28. The third-order valence-electron chi connectivity index (χ3n) is 14.2. The van der Waals surface area contributed by atoms with Crippen LogP contribution < -0.4 is 42.5 Å². The predicted molar refractivity (Wildman–Crippen MR) is 415 cm³/mol. The number of carbonyl (C=O) groups excluding carboxylic acids is 2. The molecule has 11 aromatic rings. The van der Waals surface area contributed by atoms with E-state index in [9.17, 15) is 32.4 Å². The maximum absolute atomic E-state index is 13.8. The molecule has 1 aliphatic heterocycles. The van der Waals surface area contributed by atoms with E-state index in [1.54, 1.807) is 70.4 Å². The number of hydrogen-bond donors (Lipinski definition) is 6. The van der Waals surface area contributed by atoms with Crippen LogP contribution >= 0.6 is 109 Å². The molecule has 0 unspecified atom stereocenters. The number of rotatable bonds is 12. The summed E-state index contributed by atoms with van der Waals surface area (Å²) >= 11 is 16.8. The molecule has 40 heteroatoms. The fourth-order valence-electron chi connectivity index (χ4n) is 9.14. The summed E-state index contributed by atoms with van der Waals surface area (Å²) in [6.45, 7) is 7.60. The minimum atomic E-state index is -0.510. The molecule has 2 bridgehead atoms. The Morgan fingerprint density at radius 3 is 1.79 bits per heavy atom. The fourth-order valence-corrected chi connectivity index (χ4v) is 11.5. The van der Waals surface area contributed by atoms with Gasteiger partial charge in [0.25, 0.3) is 35.3 Å². The van der Waals surface area contributed by atoms with E-state index >= 15 is 0 Å². The van der Waals surface area contributed by atoms with Gasteiger partial charge < -0.3 is 62.2 Å². The van der Waals surface area contributed by atoms with E-state index in [0.717, 1.165) is 18.4 Å². The molecule has 12 rings (SSSR count). The van der Waals surface area contributed by atoms with Crippen molar-refractivity contribution < 1.29 is 46.5 Å². The monoisotopic (exact) mass is 1940 g/mol. The molecule has 0 spiro atoms. The number of nitriles is 2. The molecule has 0 saturated carbocycles. The molecule has 7 aromatic heterocycles. The zero-order chi connectivity index (χ0) is 78.3. The molecule has 0 radical (unpaired) electrons. The van der Waals surface area contributed by atoms with Crippen molar-refractivity contribution >= 4 is 150 Å². The van der Waals surface area contributed by atoms with Crippen LogP contribution in [0.2, 0.25) is 0 Å². The Balaban J connectivity index is 0.000000191. The van der Waals surface area contributed by atoms with Gasteiger partial charge in [-0.2, -0.15) is 20.7 Å². The van der Waals surface area contributed by atoms with Crippen LogP contribution in [-0.2, 0) is 67.2 Å². The zero-order valence-corrected chi connectivity index (χ0v) is 67.6. The van der Waals surface area contributed by atoms with E-state index in [-0.39, 0.29) is 115 Å². The molecule has 554 valence electrons. The molecule has 0 aliphatic carbocycles. The van der Waals surface area contributed by atoms with Gasteiger partial charge in [-0.1, -0.05) is 6.57 Å². The second-order valence-corrected chi connectivity index (χ2v) is 27.4. The van der Waals surface area contributed by atoms with Crippen LogP contribution in [-0.4, -0.2) is 117 Å². The van der Waals surface area contributed by atoms with Crippen LogP contribution in [0.15, 0.2) is 128 Å². The minimum Gasteiger partial charge on any atom is -0.470 e. The van der Waals surface area contributed by atoms with Crippen molar-refractivity contribution in [2.45, 2.75) is 46.1 Å². The van der Waals surface area contributed by atoms with Crippen molar-refractivity contribution in [3.63, 3.8) is 0 Å². The number of ether oxygens (including phenoxy) is 3. The van der Waals surface area contributed by atoms with E-state index in [0.29, 0.717) is 81.6 Å². The maximum atomic E-state index is 13.8. The van der Waals surface area contributed by atoms with Crippen LogP contribution in [0.5, 0.6) is 17.6 Å². The van der Waals surface area contributed by atoms with Crippen molar-refractivity contribution in [1.29, 1.82) is 10.5 Å². The quantitative estimate of drug-likeness (QED) is 0.0376. The van der Waals surface area contributed by atoms with Crippen LogP contribution in [0.25, 0.3) is 16.1 Å². The normalized spacial score (nSPS) is 11.0. The van der Waals surface area contributed by atoms with Crippen molar-refractivity contribution in [2.75, 3.05) is 44.1 Å². The summed E-state index contributed by atoms with van der Waals surface area (Å²) in [7, 11) is 10.1. The Bertz CT molecular complexity index is 5110. The van der Waals surface area contributed by atoms with Gasteiger partial charge in [-0.25, -0.2) is 62.1 Å². The largest absolute Gasteiger partial charge is 0.470 e. The smallest absolute Gasteiger partial charge is 0.258 e. The second-order valence-electron chi connectivity index (χ2n) is 21.9. The lowest BCUT2D eigenvalue weighted by atomic mass is 10.1. The first-order chi connectivity index (χ1) is 50.9. The zero-order valence-electron chi connectivity index (χ0n) is 56.9. The maximum Gasteiger partial charge on any atom is 0.258 e. The molecule has 107 heavy (non-hydrogen) atoms. The Labute approximate surface area is 669 Å². The topological polar surface area (TPSA) is 413 Å². The SMILES string of the molecule is CN(Cc1cc(C#N)n(C)n1)C(=O)c1ccc(F)cc1COc1nc(Br)cnc1N.CN1Cc2nn(C)c(C#N)c2-c2cnc(N)c(n2)OCc2cc(F)ccc2C1=O.Nc1ncc(Br)nc1Br.Nc1ncc(Br)nc1OCc1cc(F)ccc1I.OCc1cc(F)ccc1I.[C-]#[N+]c1cc(CNC)nn1C. The number of nitrogens with one attached hydrogen (secondary N) is 1. The Kier molecular flexibility index (Phi) is 31.4. The van der Waals surface area contributed by atoms with Crippen LogP contribution in [0, 0.1) is 59.6 Å². The Morgan fingerprint density at radius 2 is 1.23 bits per heavy atom. The Morgan fingerprint density at radius 1 is 0.692 bits per heavy atom. The molecular formula is C67H60Br4F4I2N24O6. The van der Waals surface area contributed by atoms with Gasteiger partial charge in [0.05, 0.1) is 79.9 Å². The number of nitrogen functional groups attached to an aromatic ring is 4. The number of anilines is 4. The van der Waals surface area contributed by atoms with Crippen molar-refractivity contribution in [1.82, 2.24) is 84.3 Å². The molecule has 0 fully saturated rings. The third kappa shape index (κ3) is 23.9. The highest BCUT2D eigenvalue weighted by molar-refractivity contribution is 14.1. The summed E-state index contributed by atoms with van der Waals surface area (Å²) in [5, 5.41) is 43.0. The number of benzene rings is 4. The van der Waals surface area contributed by atoms with E-state index in [1.807, 2.05) is 13.1 Å². The number of aliphatic hydroxyl groups is 1. The fraction of sp³-hybridized carbons (Fsp3) is 0.194. The first-order valence-corrected chi connectivity index (χ1v) is 35.8. The number of carbonyl (C=O) groups is 2. The van der Waals surface area contributed by atoms with Crippen molar-refractivity contribution in [2.24, 2.45) is 21.1 Å². The molecule has 1 aliphatic rings. The molecule has 8 heterocycles. The number of hydrogen-bond acceptors (Lipinski definition) is 24. The summed E-state index contributed by atoms with van der Waals surface area (Å²) in [6, 6.07) is 24.0. The van der Waals surface area contributed by atoms with Gasteiger partial charge >= 0.3 is 0 Å². The summed E-state index contributed by atoms with van der Waals surface area (Å²) in [5.41, 5.74) is 28.6. The van der Waals surface area contributed by atoms with Crippen molar-refractivity contribution in [3.8, 4) is 41.0 Å². The van der Waals surface area contributed by atoms with Gasteiger partial charge in [0.15, 0.2) is 23.3 Å². The average Bonchev–Trinajstić information content (AvgIpc) is 1.67. The average molecular weight is 1950 g/mol. The number of aryl methyl sites for hydroxylation is 3. The minimum absolute atomic E-state index is 0.0257. The summed E-state index contributed by atoms with van der Waals surface area (Å²) in [5.74, 6) is -0.685. The highest BCUT2D eigenvalue weighted by Gasteiger charge is 2.27. The highest BCUT2D eigenvalue weighted by atomic mass is 127. The lowest BCUT2D eigenvalue weighted by molar-refractivity contribution is 0.0773. The van der Waals surface area contributed by atoms with Gasteiger partial charge in [-0.3, -0.25) is 19.0 Å². The van der Waals surface area contributed by atoms with E-state index in [2.05, 4.69) is 180 Å².